The van der Waals surface area contributed by atoms with Gasteiger partial charge in [0.15, 0.2) is 0 Å². The molecular weight excluding hydrogens is 136 g/mol. The van der Waals surface area contributed by atoms with Crippen molar-refractivity contribution < 1.29 is 20.1 Å². The van der Waals surface area contributed by atoms with Gasteiger partial charge < -0.3 is 20.1 Å². The third kappa shape index (κ3) is 2.91. The molecule has 0 aliphatic rings. The van der Waals surface area contributed by atoms with E-state index < -0.39 is 18.3 Å². The van der Waals surface area contributed by atoms with Gasteiger partial charge in [-0.05, 0) is 6.92 Å². The fraction of sp³-hybridized carbons (Fsp3) is 0.833. The zero-order chi connectivity index (χ0) is 8.15. The second-order valence-corrected chi connectivity index (χ2v) is 2.20. The molecule has 3 atom stereocenters. The number of aldehydes is 1. The minimum Gasteiger partial charge on any atom is -0.391 e. The van der Waals surface area contributed by atoms with Crippen molar-refractivity contribution in [2.24, 2.45) is 0 Å². The summed E-state index contributed by atoms with van der Waals surface area (Å²) in [6, 6.07) is 0. The van der Waals surface area contributed by atoms with Gasteiger partial charge in [0.2, 0.25) is 0 Å². The highest BCUT2D eigenvalue weighted by atomic mass is 16.4. The van der Waals surface area contributed by atoms with Gasteiger partial charge >= 0.3 is 0 Å². The van der Waals surface area contributed by atoms with Crippen molar-refractivity contribution in [1.29, 1.82) is 0 Å². The van der Waals surface area contributed by atoms with Crippen molar-refractivity contribution >= 4 is 6.29 Å². The number of aliphatic hydroxyl groups excluding tert-OH is 3. The summed E-state index contributed by atoms with van der Waals surface area (Å²) < 4.78 is 0. The zero-order valence-electron chi connectivity index (χ0n) is 5.77. The van der Waals surface area contributed by atoms with Gasteiger partial charge in [0.1, 0.15) is 12.4 Å². The Bertz CT molecular complexity index is 102. The van der Waals surface area contributed by atoms with Gasteiger partial charge in [0, 0.05) is 6.42 Å². The molecule has 0 radical (unpaired) electrons. The highest BCUT2D eigenvalue weighted by Crippen LogP contribution is 2.01. The van der Waals surface area contributed by atoms with E-state index in [9.17, 15) is 4.79 Å². The molecule has 0 rings (SSSR count). The molecule has 0 spiro atoms. The molecule has 0 amide bonds. The summed E-state index contributed by atoms with van der Waals surface area (Å²) in [5.41, 5.74) is 0. The lowest BCUT2D eigenvalue weighted by atomic mass is 10.1. The van der Waals surface area contributed by atoms with Crippen molar-refractivity contribution in [1.82, 2.24) is 0 Å². The van der Waals surface area contributed by atoms with Gasteiger partial charge in [-0.15, -0.1) is 0 Å². The number of hydrogen-bond donors (Lipinski definition) is 3. The van der Waals surface area contributed by atoms with Crippen LogP contribution in [-0.4, -0.2) is 39.9 Å². The van der Waals surface area contributed by atoms with Crippen LogP contribution in [0.1, 0.15) is 13.3 Å². The van der Waals surface area contributed by atoms with E-state index in [1.54, 1.807) is 0 Å². The van der Waals surface area contributed by atoms with Crippen molar-refractivity contribution in [3.05, 3.63) is 0 Å². The predicted molar refractivity (Wildman–Crippen MR) is 34.4 cm³/mol. The maximum Gasteiger partial charge on any atom is 0.122 e. The molecule has 0 aromatic carbocycles. The average Bonchev–Trinajstić information content (AvgIpc) is 1.87. The van der Waals surface area contributed by atoms with E-state index >= 15 is 0 Å². The molecule has 4 nitrogen and oxygen atoms in total. The van der Waals surface area contributed by atoms with Crippen LogP contribution in [0.25, 0.3) is 0 Å². The molecule has 0 saturated heterocycles. The van der Waals surface area contributed by atoms with E-state index in [0.717, 1.165) is 0 Å². The lowest BCUT2D eigenvalue weighted by molar-refractivity contribution is -0.113. The summed E-state index contributed by atoms with van der Waals surface area (Å²) in [5, 5.41) is 26.4. The van der Waals surface area contributed by atoms with Crippen molar-refractivity contribution in [2.75, 3.05) is 0 Å². The first-order valence-corrected chi connectivity index (χ1v) is 3.07. The third-order valence-corrected chi connectivity index (χ3v) is 1.23. The Morgan fingerprint density at radius 3 is 2.20 bits per heavy atom. The van der Waals surface area contributed by atoms with Crippen LogP contribution in [0, 0.1) is 0 Å². The number of rotatable bonds is 4. The van der Waals surface area contributed by atoms with Gasteiger partial charge in [-0.2, -0.15) is 0 Å². The lowest BCUT2D eigenvalue weighted by Gasteiger charge is -2.17. The van der Waals surface area contributed by atoms with Crippen LogP contribution in [0.4, 0.5) is 0 Å². The molecule has 0 heterocycles. The molecule has 10 heavy (non-hydrogen) atoms. The lowest BCUT2D eigenvalue weighted by Crippen LogP contribution is -2.35. The normalized spacial score (nSPS) is 19.6. The molecule has 0 aliphatic heterocycles. The fourth-order valence-corrected chi connectivity index (χ4v) is 0.560. The first-order chi connectivity index (χ1) is 4.59. The highest BCUT2D eigenvalue weighted by Gasteiger charge is 2.19. The molecular formula is C6H12O4. The van der Waals surface area contributed by atoms with Crippen LogP contribution in [0.2, 0.25) is 0 Å². The molecule has 3 N–H and O–H groups in total. The van der Waals surface area contributed by atoms with E-state index in [4.69, 9.17) is 15.3 Å². The molecule has 0 aromatic heterocycles. The smallest absolute Gasteiger partial charge is 0.122 e. The Balaban J connectivity index is 3.68. The van der Waals surface area contributed by atoms with Gasteiger partial charge in [-0.3, -0.25) is 0 Å². The van der Waals surface area contributed by atoms with Crippen LogP contribution >= 0.6 is 0 Å². The molecule has 0 fully saturated rings. The third-order valence-electron chi connectivity index (χ3n) is 1.23. The zero-order valence-corrected chi connectivity index (χ0v) is 5.77. The Labute approximate surface area is 59.1 Å². The van der Waals surface area contributed by atoms with Crippen LogP contribution in [0.3, 0.4) is 0 Å². The number of aliphatic hydroxyl groups is 3. The first kappa shape index (κ1) is 9.55. The summed E-state index contributed by atoms with van der Waals surface area (Å²) in [7, 11) is 0. The maximum atomic E-state index is 9.79. The van der Waals surface area contributed by atoms with E-state index in [1.807, 2.05) is 0 Å². The SMILES string of the molecule is CC(O)[C@@H](O)[C@@H](O)CC=O. The van der Waals surface area contributed by atoms with E-state index in [2.05, 4.69) is 0 Å². The van der Waals surface area contributed by atoms with Crippen LogP contribution < -0.4 is 0 Å². The number of carbonyl (C=O) groups excluding carboxylic acids is 1. The number of hydrogen-bond acceptors (Lipinski definition) is 4. The topological polar surface area (TPSA) is 77.8 Å². The standard InChI is InChI=1S/C6H12O4/c1-4(8)6(10)5(9)2-3-7/h3-6,8-10H,2H2,1H3/t4?,5-,6+/m0/s1. The van der Waals surface area contributed by atoms with Crippen molar-refractivity contribution in [3.63, 3.8) is 0 Å². The van der Waals surface area contributed by atoms with E-state index in [0.29, 0.717) is 6.29 Å². The maximum absolute atomic E-state index is 9.79. The highest BCUT2D eigenvalue weighted by molar-refractivity contribution is 5.50. The van der Waals surface area contributed by atoms with Crippen molar-refractivity contribution in [3.8, 4) is 0 Å². The van der Waals surface area contributed by atoms with Crippen LogP contribution in [0.15, 0.2) is 0 Å². The van der Waals surface area contributed by atoms with Gasteiger partial charge in [-0.1, -0.05) is 0 Å². The molecule has 0 saturated carbocycles. The minimum atomic E-state index is -1.23. The summed E-state index contributed by atoms with van der Waals surface area (Å²) in [4.78, 5) is 9.79. The summed E-state index contributed by atoms with van der Waals surface area (Å²) in [6.45, 7) is 1.35. The Morgan fingerprint density at radius 1 is 1.40 bits per heavy atom. The summed E-state index contributed by atoms with van der Waals surface area (Å²) in [5.74, 6) is 0. The second kappa shape index (κ2) is 4.38. The second-order valence-electron chi connectivity index (χ2n) is 2.20. The average molecular weight is 148 g/mol. The van der Waals surface area contributed by atoms with Gasteiger partial charge in [0.25, 0.3) is 0 Å². The Kier molecular flexibility index (Phi) is 4.18. The Hall–Kier alpha value is -0.450. The molecule has 0 bridgehead atoms. The van der Waals surface area contributed by atoms with E-state index in [-0.39, 0.29) is 6.42 Å². The molecule has 60 valence electrons. The monoisotopic (exact) mass is 148 g/mol. The quantitative estimate of drug-likeness (QED) is 0.432. The van der Waals surface area contributed by atoms with Gasteiger partial charge in [0.05, 0.1) is 12.2 Å². The predicted octanol–water partition coefficient (Wildman–Crippen LogP) is -1.32. The van der Waals surface area contributed by atoms with E-state index in [1.165, 1.54) is 6.92 Å². The van der Waals surface area contributed by atoms with Crippen molar-refractivity contribution in [2.45, 2.75) is 31.7 Å². The summed E-state index contributed by atoms with van der Waals surface area (Å²) >= 11 is 0. The Morgan fingerprint density at radius 2 is 1.90 bits per heavy atom. The largest absolute Gasteiger partial charge is 0.391 e. The van der Waals surface area contributed by atoms with Crippen LogP contribution in [-0.2, 0) is 4.79 Å². The molecule has 1 unspecified atom stereocenters. The number of carbonyl (C=O) groups is 1. The van der Waals surface area contributed by atoms with Crippen LogP contribution in [0.5, 0.6) is 0 Å². The first-order valence-electron chi connectivity index (χ1n) is 3.07. The minimum absolute atomic E-state index is 0.147. The van der Waals surface area contributed by atoms with Gasteiger partial charge in [-0.25, -0.2) is 0 Å². The molecule has 0 aromatic rings. The molecule has 0 aliphatic carbocycles. The molecule has 4 heteroatoms. The fourth-order valence-electron chi connectivity index (χ4n) is 0.560. The summed E-state index contributed by atoms with van der Waals surface area (Å²) in [6.07, 6.45) is -3.04.